The Labute approximate surface area is 112 Å². The zero-order valence-electron chi connectivity index (χ0n) is 11.1. The largest absolute Gasteiger partial charge is 0.336 e. The van der Waals surface area contributed by atoms with Gasteiger partial charge in [0.15, 0.2) is 0 Å². The van der Waals surface area contributed by atoms with Crippen LogP contribution in [-0.4, -0.2) is 17.1 Å². The summed E-state index contributed by atoms with van der Waals surface area (Å²) in [5.41, 5.74) is 2.73. The molecule has 0 unspecified atom stereocenters. The van der Waals surface area contributed by atoms with Crippen molar-refractivity contribution in [3.05, 3.63) is 48.8 Å². The zero-order chi connectivity index (χ0) is 13.7. The second kappa shape index (κ2) is 6.00. The molecule has 0 bridgehead atoms. The summed E-state index contributed by atoms with van der Waals surface area (Å²) < 4.78 is 0. The van der Waals surface area contributed by atoms with Crippen LogP contribution in [0, 0.1) is 0 Å². The summed E-state index contributed by atoms with van der Waals surface area (Å²) in [5.74, 6) is 0. The maximum absolute atomic E-state index is 11.6. The van der Waals surface area contributed by atoms with E-state index in [1.54, 1.807) is 12.4 Å². The molecule has 0 aliphatic heterocycles. The molecule has 4 heteroatoms. The molecular formula is C15H17N3O. The maximum Gasteiger partial charge on any atom is 0.319 e. The van der Waals surface area contributed by atoms with Crippen LogP contribution in [0.4, 0.5) is 10.5 Å². The molecule has 2 amide bonds. The lowest BCUT2D eigenvalue weighted by molar-refractivity contribution is 0.250. The second-order valence-corrected chi connectivity index (χ2v) is 4.58. The first kappa shape index (κ1) is 13.1. The van der Waals surface area contributed by atoms with E-state index >= 15 is 0 Å². The van der Waals surface area contributed by atoms with E-state index < -0.39 is 0 Å². The predicted molar refractivity (Wildman–Crippen MR) is 77.0 cm³/mol. The molecule has 2 aromatic rings. The van der Waals surface area contributed by atoms with Crippen LogP contribution in [0.15, 0.2) is 48.8 Å². The smallest absolute Gasteiger partial charge is 0.319 e. The van der Waals surface area contributed by atoms with Crippen molar-refractivity contribution in [2.45, 2.75) is 19.9 Å². The summed E-state index contributed by atoms with van der Waals surface area (Å²) in [4.78, 5) is 15.8. The van der Waals surface area contributed by atoms with E-state index in [-0.39, 0.29) is 12.1 Å². The van der Waals surface area contributed by atoms with Gasteiger partial charge in [-0.15, -0.1) is 0 Å². The van der Waals surface area contributed by atoms with Crippen molar-refractivity contribution in [1.29, 1.82) is 0 Å². The number of nitrogens with zero attached hydrogens (tertiary/aromatic N) is 1. The number of nitrogens with one attached hydrogen (secondary N) is 2. The van der Waals surface area contributed by atoms with Gasteiger partial charge in [0.1, 0.15) is 0 Å². The molecule has 1 heterocycles. The van der Waals surface area contributed by atoms with Gasteiger partial charge >= 0.3 is 6.03 Å². The van der Waals surface area contributed by atoms with Crippen LogP contribution in [0.5, 0.6) is 0 Å². The van der Waals surface area contributed by atoms with Gasteiger partial charge in [0, 0.05) is 17.8 Å². The Bertz CT molecular complexity index is 552. The number of hydrogen-bond acceptors (Lipinski definition) is 2. The van der Waals surface area contributed by atoms with Crippen molar-refractivity contribution < 1.29 is 4.79 Å². The minimum Gasteiger partial charge on any atom is -0.336 e. The molecular weight excluding hydrogens is 238 g/mol. The van der Waals surface area contributed by atoms with Crippen LogP contribution < -0.4 is 10.6 Å². The van der Waals surface area contributed by atoms with Crippen LogP contribution in [0.3, 0.4) is 0 Å². The lowest BCUT2D eigenvalue weighted by Crippen LogP contribution is -2.34. The number of pyridine rings is 1. The molecule has 2 N–H and O–H groups in total. The first-order valence-electron chi connectivity index (χ1n) is 6.23. The number of carbonyl (C=O) groups excluding carboxylic acids is 1. The highest BCUT2D eigenvalue weighted by atomic mass is 16.2. The predicted octanol–water partition coefficient (Wildman–Crippen LogP) is 3.28. The van der Waals surface area contributed by atoms with E-state index in [4.69, 9.17) is 0 Å². The molecule has 1 aromatic carbocycles. The van der Waals surface area contributed by atoms with E-state index in [2.05, 4.69) is 15.6 Å². The van der Waals surface area contributed by atoms with Gasteiger partial charge in [-0.25, -0.2) is 4.79 Å². The molecule has 0 fully saturated rings. The number of hydrogen-bond donors (Lipinski definition) is 2. The third-order valence-electron chi connectivity index (χ3n) is 2.52. The third-order valence-corrected chi connectivity index (χ3v) is 2.52. The number of amides is 2. The number of carbonyl (C=O) groups is 1. The Morgan fingerprint density at radius 3 is 2.53 bits per heavy atom. The van der Waals surface area contributed by atoms with Crippen molar-refractivity contribution in [2.75, 3.05) is 5.32 Å². The quantitative estimate of drug-likeness (QED) is 0.884. The van der Waals surface area contributed by atoms with E-state index in [9.17, 15) is 4.79 Å². The molecule has 0 aliphatic carbocycles. The van der Waals surface area contributed by atoms with Crippen molar-refractivity contribution in [3.8, 4) is 11.1 Å². The summed E-state index contributed by atoms with van der Waals surface area (Å²) >= 11 is 0. The Kier molecular flexibility index (Phi) is 4.13. The van der Waals surface area contributed by atoms with Gasteiger partial charge in [-0.2, -0.15) is 0 Å². The van der Waals surface area contributed by atoms with Crippen LogP contribution in [-0.2, 0) is 0 Å². The molecule has 0 saturated carbocycles. The van der Waals surface area contributed by atoms with Crippen LogP contribution >= 0.6 is 0 Å². The molecule has 2 rings (SSSR count). The summed E-state index contributed by atoms with van der Waals surface area (Å²) in [6.45, 7) is 3.83. The fourth-order valence-corrected chi connectivity index (χ4v) is 1.73. The second-order valence-electron chi connectivity index (χ2n) is 4.58. The molecule has 98 valence electrons. The number of aromatic nitrogens is 1. The summed E-state index contributed by atoms with van der Waals surface area (Å²) in [6.07, 6.45) is 3.41. The van der Waals surface area contributed by atoms with E-state index in [1.807, 2.05) is 50.2 Å². The lowest BCUT2D eigenvalue weighted by atomic mass is 10.1. The fraction of sp³-hybridized carbons (Fsp3) is 0.200. The molecule has 0 aliphatic rings. The van der Waals surface area contributed by atoms with Crippen LogP contribution in [0.2, 0.25) is 0 Å². The van der Waals surface area contributed by atoms with Crippen molar-refractivity contribution in [3.63, 3.8) is 0 Å². The molecule has 19 heavy (non-hydrogen) atoms. The summed E-state index contributed by atoms with van der Waals surface area (Å²) in [7, 11) is 0. The van der Waals surface area contributed by atoms with Gasteiger partial charge in [-0.3, -0.25) is 4.98 Å². The number of anilines is 1. The molecule has 4 nitrogen and oxygen atoms in total. The highest BCUT2D eigenvalue weighted by Gasteiger charge is 2.05. The Morgan fingerprint density at radius 1 is 1.11 bits per heavy atom. The number of urea groups is 1. The van der Waals surface area contributed by atoms with Crippen molar-refractivity contribution >= 4 is 11.7 Å². The SMILES string of the molecule is CC(C)NC(=O)Nc1cncc(-c2ccccc2)c1. The topological polar surface area (TPSA) is 54.0 Å². The standard InChI is InChI=1S/C15H17N3O/c1-11(2)17-15(19)18-14-8-13(9-16-10-14)12-6-4-3-5-7-12/h3-11H,1-2H3,(H2,17,18,19). The normalized spacial score (nSPS) is 10.3. The zero-order valence-corrected chi connectivity index (χ0v) is 11.1. The molecule has 0 spiro atoms. The summed E-state index contributed by atoms with van der Waals surface area (Å²) in [5, 5.41) is 5.54. The third kappa shape index (κ3) is 3.81. The number of rotatable bonds is 3. The highest BCUT2D eigenvalue weighted by Crippen LogP contribution is 2.20. The van der Waals surface area contributed by atoms with Gasteiger partial charge < -0.3 is 10.6 Å². The number of benzene rings is 1. The Hall–Kier alpha value is -2.36. The Balaban J connectivity index is 2.14. The Morgan fingerprint density at radius 2 is 1.84 bits per heavy atom. The fourth-order valence-electron chi connectivity index (χ4n) is 1.73. The van der Waals surface area contributed by atoms with Crippen LogP contribution in [0.1, 0.15) is 13.8 Å². The molecule has 0 atom stereocenters. The monoisotopic (exact) mass is 255 g/mol. The average Bonchev–Trinajstić information content (AvgIpc) is 2.39. The van der Waals surface area contributed by atoms with Gasteiger partial charge in [0.2, 0.25) is 0 Å². The maximum atomic E-state index is 11.6. The first-order chi connectivity index (χ1) is 9.15. The van der Waals surface area contributed by atoms with E-state index in [0.29, 0.717) is 5.69 Å². The van der Waals surface area contributed by atoms with Gasteiger partial charge in [0.25, 0.3) is 0 Å². The lowest BCUT2D eigenvalue weighted by Gasteiger charge is -2.10. The van der Waals surface area contributed by atoms with Crippen LogP contribution in [0.25, 0.3) is 11.1 Å². The van der Waals surface area contributed by atoms with Gasteiger partial charge in [0.05, 0.1) is 11.9 Å². The van der Waals surface area contributed by atoms with Gasteiger partial charge in [-0.1, -0.05) is 30.3 Å². The minimum absolute atomic E-state index is 0.102. The van der Waals surface area contributed by atoms with Crippen molar-refractivity contribution in [1.82, 2.24) is 10.3 Å². The molecule has 0 saturated heterocycles. The summed E-state index contributed by atoms with van der Waals surface area (Å²) in [6, 6.07) is 11.7. The minimum atomic E-state index is -0.220. The average molecular weight is 255 g/mol. The van der Waals surface area contributed by atoms with E-state index in [0.717, 1.165) is 11.1 Å². The first-order valence-corrected chi connectivity index (χ1v) is 6.23. The van der Waals surface area contributed by atoms with Crippen molar-refractivity contribution in [2.24, 2.45) is 0 Å². The molecule has 1 aromatic heterocycles. The van der Waals surface area contributed by atoms with E-state index in [1.165, 1.54) is 0 Å². The molecule has 0 radical (unpaired) electrons. The highest BCUT2D eigenvalue weighted by molar-refractivity contribution is 5.90. The van der Waals surface area contributed by atoms with Gasteiger partial charge in [-0.05, 0) is 25.5 Å².